The Balaban J connectivity index is 1.89. The van der Waals surface area contributed by atoms with Crippen molar-refractivity contribution in [3.63, 3.8) is 0 Å². The molecule has 0 atom stereocenters. The minimum atomic E-state index is -1.69. The molecule has 7 heteroatoms. The Bertz CT molecular complexity index is 453. The van der Waals surface area contributed by atoms with Crippen LogP contribution in [0.1, 0.15) is 0 Å². The topological polar surface area (TPSA) is 34.1 Å². The molecule has 0 saturated carbocycles. The third-order valence-corrected chi connectivity index (χ3v) is 61.3. The van der Waals surface area contributed by atoms with Gasteiger partial charge in [0, 0.05) is 6.08 Å². The third kappa shape index (κ3) is 0.595. The molecule has 3 aliphatic heterocycles. The Morgan fingerprint density at radius 2 is 1.77 bits per heavy atom. The highest BCUT2D eigenvalue weighted by Crippen LogP contribution is 3.75. The molecule has 0 spiro atoms. The molecule has 3 fully saturated rings. The van der Waals surface area contributed by atoms with Crippen LogP contribution in [0.3, 0.4) is 0 Å². The predicted octanol–water partition coefficient (Wildman–Crippen LogP) is 3.10. The minimum Gasteiger partial charge on any atom is -0.290 e. The quantitative estimate of drug-likeness (QED) is 0.342. The molecule has 0 aromatic heterocycles. The maximum absolute atomic E-state index is 11.6. The van der Waals surface area contributed by atoms with Crippen molar-refractivity contribution in [3.05, 3.63) is 23.1 Å². The second-order valence-electron chi connectivity index (χ2n) is 3.09. The molecular weight excluding hydrogens is 264 g/mol. The normalized spacial score (nSPS) is 52.9. The zero-order valence-corrected chi connectivity index (χ0v) is 10.3. The van der Waals surface area contributed by atoms with Gasteiger partial charge in [-0.05, 0) is 47.8 Å². The summed E-state index contributed by atoms with van der Waals surface area (Å²) in [4.78, 5) is 23.6. The monoisotopic (exact) mass is 268 g/mol. The van der Waals surface area contributed by atoms with Gasteiger partial charge < -0.3 is 0 Å². The summed E-state index contributed by atoms with van der Waals surface area (Å²) in [6.07, 6.45) is 3.98. The van der Waals surface area contributed by atoms with E-state index in [9.17, 15) is 9.59 Å². The van der Waals surface area contributed by atoms with Gasteiger partial charge in [0.2, 0.25) is 0 Å². The molecule has 3 heterocycles. The van der Waals surface area contributed by atoms with Crippen molar-refractivity contribution < 1.29 is 9.59 Å². The summed E-state index contributed by atoms with van der Waals surface area (Å²) in [5, 5.41) is -1.69. The number of rotatable bonds is 1. The molecule has 0 N–H and O–H groups in total. The van der Waals surface area contributed by atoms with E-state index in [1.165, 1.54) is 12.2 Å². The Labute approximate surface area is 84.7 Å². The van der Waals surface area contributed by atoms with Crippen molar-refractivity contribution in [1.29, 1.82) is 0 Å². The van der Waals surface area contributed by atoms with Crippen LogP contribution >= 0.6 is 40.9 Å². The summed E-state index contributed by atoms with van der Waals surface area (Å²) in [6, 6.07) is 0. The molecule has 0 amide bonds. The van der Waals surface area contributed by atoms with Crippen molar-refractivity contribution in [2.45, 2.75) is 0 Å². The Morgan fingerprint density at radius 3 is 2.31 bits per heavy atom. The van der Waals surface area contributed by atoms with E-state index in [0.29, 0.717) is 0 Å². The number of ketones is 2. The van der Waals surface area contributed by atoms with Gasteiger partial charge in [0.25, 0.3) is 0 Å². The fourth-order valence-corrected chi connectivity index (χ4v) is 84.7. The first-order valence-electron chi connectivity index (χ1n) is 3.60. The molecule has 3 saturated heterocycles. The molecule has 0 aromatic rings. The molecule has 1 aliphatic carbocycles. The standard InChI is InChI=1S/C6H4O2S5/c7-4-1-2-5(8)6(3-4)13-9-12(13,10-13)11-13/h1-3,13H. The summed E-state index contributed by atoms with van der Waals surface area (Å²) >= 11 is 0. The van der Waals surface area contributed by atoms with Gasteiger partial charge in [-0.15, -0.1) is 0 Å². The lowest BCUT2D eigenvalue weighted by Crippen LogP contribution is -2.07. The van der Waals surface area contributed by atoms with Gasteiger partial charge in [-0.1, -0.05) is 5.29 Å². The first kappa shape index (κ1) is 7.81. The summed E-state index contributed by atoms with van der Waals surface area (Å²) in [7, 11) is 6.07. The fourth-order valence-electron chi connectivity index (χ4n) is 1.49. The SMILES string of the molecule is O=C1C=CC(=O)C([SH]234SS2(S3)S4)=C1. The Morgan fingerprint density at radius 1 is 1.15 bits per heavy atom. The van der Waals surface area contributed by atoms with Crippen LogP contribution in [0.5, 0.6) is 0 Å². The third-order valence-electron chi connectivity index (χ3n) is 2.32. The van der Waals surface area contributed by atoms with Gasteiger partial charge in [-0.2, -0.15) is 0 Å². The summed E-state index contributed by atoms with van der Waals surface area (Å²) in [5.41, 5.74) is 0. The van der Waals surface area contributed by atoms with Crippen LogP contribution in [0.2, 0.25) is 0 Å². The van der Waals surface area contributed by atoms with E-state index in [2.05, 4.69) is 0 Å². The van der Waals surface area contributed by atoms with Crippen LogP contribution in [0.25, 0.3) is 0 Å². The molecule has 0 radical (unpaired) electrons. The number of thiol groups is 1. The molecule has 0 unspecified atom stereocenters. The molecule has 70 valence electrons. The van der Waals surface area contributed by atoms with Crippen LogP contribution in [0.4, 0.5) is 0 Å². The van der Waals surface area contributed by atoms with Crippen LogP contribution < -0.4 is 0 Å². The van der Waals surface area contributed by atoms with E-state index in [1.807, 2.05) is 29.5 Å². The van der Waals surface area contributed by atoms with Gasteiger partial charge in [0.1, 0.15) is 0 Å². The minimum absolute atomic E-state index is 0.00981. The molecule has 0 bridgehead atoms. The molecular formula is C6H4O2S5. The Hall–Kier alpha value is 0.570. The first-order valence-corrected chi connectivity index (χ1v) is 13.9. The first-order chi connectivity index (χ1) is 6.11. The number of hydrogen-bond acceptors (Lipinski definition) is 5. The van der Waals surface area contributed by atoms with Gasteiger partial charge in [-0.3, -0.25) is 9.59 Å². The van der Waals surface area contributed by atoms with Gasteiger partial charge >= 0.3 is 0 Å². The highest BCUT2D eigenvalue weighted by Gasteiger charge is 3.10. The van der Waals surface area contributed by atoms with E-state index in [4.69, 9.17) is 0 Å². The van der Waals surface area contributed by atoms with Crippen molar-refractivity contribution in [3.8, 4) is 0 Å². The molecule has 4 aliphatic rings. The van der Waals surface area contributed by atoms with E-state index in [1.54, 1.807) is 6.08 Å². The molecule has 0 aromatic carbocycles. The number of carbonyl (C=O) groups is 2. The average Bonchev–Trinajstić information content (AvgIpc) is 2.80. The lowest BCUT2D eigenvalue weighted by Gasteiger charge is -2.26. The van der Waals surface area contributed by atoms with E-state index >= 15 is 0 Å². The van der Waals surface area contributed by atoms with Gasteiger partial charge in [0.05, 0.1) is 4.91 Å². The van der Waals surface area contributed by atoms with Crippen molar-refractivity contribution >= 4 is 52.5 Å². The predicted molar refractivity (Wildman–Crippen MR) is 66.6 cm³/mol. The van der Waals surface area contributed by atoms with Crippen LogP contribution in [-0.4, -0.2) is 11.6 Å². The second kappa shape index (κ2) is 1.69. The van der Waals surface area contributed by atoms with Crippen molar-refractivity contribution in [1.82, 2.24) is 0 Å². The van der Waals surface area contributed by atoms with E-state index < -0.39 is 11.4 Å². The maximum atomic E-state index is 11.6. The van der Waals surface area contributed by atoms with Crippen molar-refractivity contribution in [2.75, 3.05) is 0 Å². The second-order valence-corrected chi connectivity index (χ2v) is 35.1. The lowest BCUT2D eigenvalue weighted by molar-refractivity contribution is -0.114. The van der Waals surface area contributed by atoms with Crippen LogP contribution in [0.15, 0.2) is 23.1 Å². The van der Waals surface area contributed by atoms with Gasteiger partial charge in [0.15, 0.2) is 11.6 Å². The van der Waals surface area contributed by atoms with E-state index in [-0.39, 0.29) is 11.6 Å². The highest BCUT2D eigenvalue weighted by molar-refractivity contribution is 10.6. The average molecular weight is 268 g/mol. The van der Waals surface area contributed by atoms with E-state index in [0.717, 1.165) is 4.91 Å². The number of carbonyl (C=O) groups excluding carboxylic acids is 2. The number of hydrogen-bond donors (Lipinski definition) is 1. The summed E-state index contributed by atoms with van der Waals surface area (Å²) < 4.78 is 0. The fraction of sp³-hybridized carbons (Fsp3) is 0. The molecule has 13 heavy (non-hydrogen) atoms. The van der Waals surface area contributed by atoms with Crippen LogP contribution in [0, 0.1) is 0 Å². The highest BCUT2D eigenvalue weighted by atomic mass is 35.1. The van der Waals surface area contributed by atoms with Crippen molar-refractivity contribution in [2.24, 2.45) is 0 Å². The smallest absolute Gasteiger partial charge is 0.192 e. The zero-order valence-electron chi connectivity index (χ0n) is 6.13. The maximum Gasteiger partial charge on any atom is 0.192 e. The van der Waals surface area contributed by atoms with Gasteiger partial charge in [-0.25, -0.2) is 0 Å². The largest absolute Gasteiger partial charge is 0.290 e. The Kier molecular flexibility index (Phi) is 1.01. The summed E-state index contributed by atoms with van der Waals surface area (Å²) in [5.74, 6) is 0.0820. The number of allylic oxidation sites excluding steroid dienone is 4. The summed E-state index contributed by atoms with van der Waals surface area (Å²) in [6.45, 7) is 0. The zero-order chi connectivity index (χ0) is 8.92. The lowest BCUT2D eigenvalue weighted by atomic mass is 10.2. The molecule has 4 rings (SSSR count). The van der Waals surface area contributed by atoms with Crippen LogP contribution in [-0.2, 0) is 9.59 Å². The molecule has 2 nitrogen and oxygen atoms in total.